The molecule has 1 saturated carbocycles. The predicted molar refractivity (Wildman–Crippen MR) is 155 cm³/mol. The minimum absolute atomic E-state index is 0.275. The molecule has 40 heavy (non-hydrogen) atoms. The van der Waals surface area contributed by atoms with Crippen molar-refractivity contribution in [2.24, 2.45) is 5.41 Å². The highest BCUT2D eigenvalue weighted by Gasteiger charge is 2.57. The van der Waals surface area contributed by atoms with Crippen LogP contribution >= 0.6 is 0 Å². The monoisotopic (exact) mass is 552 g/mol. The second-order valence-corrected chi connectivity index (χ2v) is 9.90. The molecule has 1 aliphatic carbocycles. The van der Waals surface area contributed by atoms with Gasteiger partial charge in [0.05, 0.1) is 19.7 Å². The van der Waals surface area contributed by atoms with Gasteiger partial charge in [-0.2, -0.15) is 0 Å². The van der Waals surface area contributed by atoms with E-state index in [0.717, 1.165) is 34.6 Å². The number of benzene rings is 2. The number of fused-ring (bicyclic) bond motifs is 1. The lowest BCUT2D eigenvalue weighted by Crippen LogP contribution is -2.24. The van der Waals surface area contributed by atoms with Gasteiger partial charge in [0.1, 0.15) is 11.5 Å². The Morgan fingerprint density at radius 3 is 2.00 bits per heavy atom. The molecular weight excluding hydrogens is 512 g/mol. The number of methoxy groups -OCH3 is 2. The third-order valence-corrected chi connectivity index (χ3v) is 6.97. The molecule has 1 heterocycles. The van der Waals surface area contributed by atoms with Gasteiger partial charge in [-0.25, -0.2) is 0 Å². The molecule has 0 amide bonds. The van der Waals surface area contributed by atoms with Crippen LogP contribution in [0.25, 0.3) is 10.9 Å². The van der Waals surface area contributed by atoms with Crippen molar-refractivity contribution in [3.63, 3.8) is 0 Å². The smallest absolute Gasteiger partial charge is 0.321 e. The zero-order valence-electron chi connectivity index (χ0n) is 23.6. The second-order valence-electron chi connectivity index (χ2n) is 9.90. The number of carbonyl (C=O) groups is 2. The van der Waals surface area contributed by atoms with Gasteiger partial charge in [0.15, 0.2) is 16.9 Å². The molecule has 0 radical (unpaired) electrons. The molecule has 0 bridgehead atoms. The molecule has 9 heteroatoms. The first-order valence-corrected chi connectivity index (χ1v) is 13.8. The zero-order chi connectivity index (χ0) is 29.0. The number of unbranched alkanes of at least 4 members (excludes halogenated alkanes) is 6. The molecule has 2 aromatic carbocycles. The molecule has 4 rings (SSSR count). The Labute approximate surface area is 235 Å². The van der Waals surface area contributed by atoms with E-state index in [1.165, 1.54) is 44.9 Å². The maximum absolute atomic E-state index is 10.1. The molecule has 0 saturated heterocycles. The standard InChI is InChI=1S/C26H34N2O3.C5H6O4/c1-4-5-6-7-8-9-10-16-27-20-11-13-21(14-12-20)31-24-15-17-28-23-19-26(30-3)25(29-2)18-22(23)24;6-3(7)5(1-2-5)4(8)9/h11-15,17-19,27H,4-10,16H2,1-3H3;1-2H2,(H,6,7)(H,8,9). The largest absolute Gasteiger partial charge is 0.493 e. The van der Waals surface area contributed by atoms with E-state index >= 15 is 0 Å². The van der Waals surface area contributed by atoms with Crippen LogP contribution in [0.2, 0.25) is 0 Å². The number of hydrogen-bond donors (Lipinski definition) is 3. The van der Waals surface area contributed by atoms with Crippen molar-refractivity contribution in [3.05, 3.63) is 48.7 Å². The Balaban J connectivity index is 0.000000415. The first-order chi connectivity index (χ1) is 19.3. The van der Waals surface area contributed by atoms with Gasteiger partial charge in [0, 0.05) is 29.9 Å². The summed E-state index contributed by atoms with van der Waals surface area (Å²) in [6.45, 7) is 3.26. The number of nitrogens with zero attached hydrogens (tertiary/aromatic N) is 1. The number of anilines is 1. The number of carboxylic acids is 2. The van der Waals surface area contributed by atoms with Crippen molar-refractivity contribution in [2.45, 2.75) is 64.7 Å². The highest BCUT2D eigenvalue weighted by atomic mass is 16.5. The summed E-state index contributed by atoms with van der Waals surface area (Å²) in [6.07, 6.45) is 11.5. The van der Waals surface area contributed by atoms with Crippen LogP contribution in [-0.4, -0.2) is 47.9 Å². The average Bonchev–Trinajstić information content (AvgIpc) is 3.78. The Hall–Kier alpha value is -4.01. The highest BCUT2D eigenvalue weighted by Crippen LogP contribution is 2.45. The summed E-state index contributed by atoms with van der Waals surface area (Å²) in [6, 6.07) is 13.7. The highest BCUT2D eigenvalue weighted by molar-refractivity contribution is 6.01. The number of hydrogen-bond acceptors (Lipinski definition) is 7. The molecule has 0 aliphatic heterocycles. The SMILES string of the molecule is CCCCCCCCCNc1ccc(Oc2ccnc3cc(OC)c(OC)cc23)cc1.O=C(O)C1(C(=O)O)CC1. The van der Waals surface area contributed by atoms with Gasteiger partial charge in [-0.3, -0.25) is 14.6 Å². The first kappa shape index (κ1) is 30.5. The van der Waals surface area contributed by atoms with Crippen molar-refractivity contribution in [1.82, 2.24) is 4.98 Å². The summed E-state index contributed by atoms with van der Waals surface area (Å²) < 4.78 is 16.9. The van der Waals surface area contributed by atoms with Crippen molar-refractivity contribution < 1.29 is 34.0 Å². The zero-order valence-corrected chi connectivity index (χ0v) is 23.6. The Kier molecular flexibility index (Phi) is 11.4. The topological polar surface area (TPSA) is 127 Å². The van der Waals surface area contributed by atoms with Crippen molar-refractivity contribution in [3.8, 4) is 23.0 Å². The van der Waals surface area contributed by atoms with Crippen molar-refractivity contribution >= 4 is 28.5 Å². The average molecular weight is 553 g/mol. The summed E-state index contributed by atoms with van der Waals surface area (Å²) in [7, 11) is 3.24. The summed E-state index contributed by atoms with van der Waals surface area (Å²) >= 11 is 0. The maximum Gasteiger partial charge on any atom is 0.321 e. The molecule has 3 N–H and O–H groups in total. The summed E-state index contributed by atoms with van der Waals surface area (Å²) in [4.78, 5) is 24.7. The Morgan fingerprint density at radius 1 is 0.850 bits per heavy atom. The lowest BCUT2D eigenvalue weighted by atomic mass is 10.1. The summed E-state index contributed by atoms with van der Waals surface area (Å²) in [5, 5.41) is 21.0. The molecule has 9 nitrogen and oxygen atoms in total. The minimum Gasteiger partial charge on any atom is -0.493 e. The quantitative estimate of drug-likeness (QED) is 0.133. The van der Waals surface area contributed by atoms with Crippen LogP contribution in [-0.2, 0) is 9.59 Å². The summed E-state index contributed by atoms with van der Waals surface area (Å²) in [5.74, 6) is 0.386. The fourth-order valence-electron chi connectivity index (χ4n) is 4.26. The van der Waals surface area contributed by atoms with Gasteiger partial charge >= 0.3 is 11.9 Å². The first-order valence-electron chi connectivity index (χ1n) is 13.8. The van der Waals surface area contributed by atoms with Gasteiger partial charge < -0.3 is 29.7 Å². The molecule has 1 aromatic heterocycles. The second kappa shape index (κ2) is 15.0. The number of nitrogens with one attached hydrogen (secondary N) is 1. The van der Waals surface area contributed by atoms with Crippen LogP contribution in [0.1, 0.15) is 64.7 Å². The molecule has 3 aromatic rings. The van der Waals surface area contributed by atoms with Gasteiger partial charge in [-0.1, -0.05) is 45.4 Å². The normalized spacial score (nSPS) is 13.1. The number of aliphatic carboxylic acids is 2. The maximum atomic E-state index is 10.1. The van der Waals surface area contributed by atoms with Gasteiger partial charge in [-0.15, -0.1) is 0 Å². The third-order valence-electron chi connectivity index (χ3n) is 6.97. The lowest BCUT2D eigenvalue weighted by Gasteiger charge is -2.13. The van der Waals surface area contributed by atoms with Gasteiger partial charge in [-0.05, 0) is 55.7 Å². The van der Waals surface area contributed by atoms with Crippen LogP contribution in [0.3, 0.4) is 0 Å². The fraction of sp³-hybridized carbons (Fsp3) is 0.452. The van der Waals surface area contributed by atoms with E-state index in [1.807, 2.05) is 30.3 Å². The lowest BCUT2D eigenvalue weighted by molar-refractivity contribution is -0.156. The van der Waals surface area contributed by atoms with Crippen LogP contribution in [0, 0.1) is 5.41 Å². The van der Waals surface area contributed by atoms with Gasteiger partial charge in [0.25, 0.3) is 0 Å². The number of aromatic nitrogens is 1. The van der Waals surface area contributed by atoms with E-state index in [9.17, 15) is 9.59 Å². The summed E-state index contributed by atoms with van der Waals surface area (Å²) in [5.41, 5.74) is 0.493. The molecule has 0 atom stereocenters. The Bertz CT molecular complexity index is 1240. The van der Waals surface area contributed by atoms with Crippen LogP contribution < -0.4 is 19.5 Å². The molecule has 0 spiro atoms. The number of pyridine rings is 1. The van der Waals surface area contributed by atoms with Crippen molar-refractivity contribution in [2.75, 3.05) is 26.1 Å². The van der Waals surface area contributed by atoms with Crippen LogP contribution in [0.4, 0.5) is 5.69 Å². The number of ether oxygens (including phenoxy) is 3. The predicted octanol–water partition coefficient (Wildman–Crippen LogP) is 7.14. The minimum atomic E-state index is -1.42. The van der Waals surface area contributed by atoms with Crippen LogP contribution in [0.15, 0.2) is 48.7 Å². The van der Waals surface area contributed by atoms with E-state index in [4.69, 9.17) is 24.4 Å². The van der Waals surface area contributed by atoms with Gasteiger partial charge in [0.2, 0.25) is 0 Å². The Morgan fingerprint density at radius 2 is 1.45 bits per heavy atom. The van der Waals surface area contributed by atoms with E-state index in [0.29, 0.717) is 11.5 Å². The number of rotatable bonds is 15. The fourth-order valence-corrected chi connectivity index (χ4v) is 4.26. The van der Waals surface area contributed by atoms with E-state index in [1.54, 1.807) is 20.4 Å². The van der Waals surface area contributed by atoms with E-state index < -0.39 is 17.4 Å². The van der Waals surface area contributed by atoms with E-state index in [-0.39, 0.29) is 12.8 Å². The van der Waals surface area contributed by atoms with E-state index in [2.05, 4.69) is 29.4 Å². The molecular formula is C31H40N2O7. The van der Waals surface area contributed by atoms with Crippen LogP contribution in [0.5, 0.6) is 23.0 Å². The van der Waals surface area contributed by atoms with Crippen molar-refractivity contribution in [1.29, 1.82) is 0 Å². The molecule has 0 unspecified atom stereocenters. The molecule has 216 valence electrons. The third kappa shape index (κ3) is 8.24. The number of carboxylic acid groups (broad SMARTS) is 2. The molecule has 1 fully saturated rings. The molecule has 1 aliphatic rings.